The van der Waals surface area contributed by atoms with E-state index in [1.54, 1.807) is 11.3 Å². The van der Waals surface area contributed by atoms with Crippen molar-refractivity contribution in [1.82, 2.24) is 0 Å². The van der Waals surface area contributed by atoms with Crippen LogP contribution in [0.25, 0.3) is 20.2 Å². The molecule has 1 aliphatic heterocycles. The van der Waals surface area contributed by atoms with Crippen molar-refractivity contribution in [2.75, 3.05) is 0 Å². The summed E-state index contributed by atoms with van der Waals surface area (Å²) < 4.78 is 33.9. The topological polar surface area (TPSA) is 12.4 Å². The summed E-state index contributed by atoms with van der Waals surface area (Å²) in [6.45, 7) is 0. The third kappa shape index (κ3) is 1.71. The van der Waals surface area contributed by atoms with Gasteiger partial charge in [0.2, 0.25) is 0 Å². The highest BCUT2D eigenvalue weighted by atomic mass is 32.1. The Morgan fingerprint density at radius 1 is 1.11 bits per heavy atom. The van der Waals surface area contributed by atoms with Gasteiger partial charge in [-0.25, -0.2) is 0 Å². The highest BCUT2D eigenvalue weighted by Crippen LogP contribution is 2.36. The van der Waals surface area contributed by atoms with Gasteiger partial charge in [-0.15, -0.1) is 11.3 Å². The van der Waals surface area contributed by atoms with Crippen LogP contribution in [0.3, 0.4) is 0 Å². The second-order valence-corrected chi connectivity index (χ2v) is 5.42. The maximum Gasteiger partial charge on any atom is 0.0836 e. The number of aliphatic imine (C=N–C) groups is 1. The molecule has 0 aliphatic carbocycles. The lowest BCUT2D eigenvalue weighted by Crippen LogP contribution is -2.02. The van der Waals surface area contributed by atoms with Crippen LogP contribution in [0.15, 0.2) is 59.7 Å². The van der Waals surface area contributed by atoms with E-state index < -0.39 is 12.8 Å². The average Bonchev–Trinajstić information content (AvgIpc) is 2.95. The lowest BCUT2D eigenvalue weighted by molar-refractivity contribution is 1.06. The fourth-order valence-electron chi connectivity index (χ4n) is 2.39. The SMILES string of the molecule is [2H]C1=C([2H])C([2H])C([2H])C(c2cccc3c2sc2ccccc23)=N1. The fourth-order valence-corrected chi connectivity index (χ4v) is 3.61. The molecule has 2 atom stereocenters. The van der Waals surface area contributed by atoms with Gasteiger partial charge in [0.15, 0.2) is 0 Å². The van der Waals surface area contributed by atoms with Crippen molar-refractivity contribution in [3.05, 3.63) is 60.3 Å². The van der Waals surface area contributed by atoms with Gasteiger partial charge in [0.1, 0.15) is 0 Å². The van der Waals surface area contributed by atoms with Crippen LogP contribution in [0.4, 0.5) is 0 Å². The standard InChI is InChI=1S/C17H13NS/c1-2-10-16-12(6-1)13-7-5-8-14(17(13)19-16)15-9-3-4-11-18-15/h1-2,4-8,10-11H,3,9H2/i3D,4D,9D,11D. The largest absolute Gasteiger partial charge is 0.261 e. The van der Waals surface area contributed by atoms with Crippen LogP contribution in [-0.2, 0) is 0 Å². The van der Waals surface area contributed by atoms with Gasteiger partial charge < -0.3 is 0 Å². The van der Waals surface area contributed by atoms with Crippen LogP contribution in [-0.4, -0.2) is 5.71 Å². The molecule has 0 saturated heterocycles. The summed E-state index contributed by atoms with van der Waals surface area (Å²) in [6, 6.07) is 13.8. The van der Waals surface area contributed by atoms with Crippen LogP contribution < -0.4 is 0 Å². The summed E-state index contributed by atoms with van der Waals surface area (Å²) in [5.41, 5.74) is 1.22. The average molecular weight is 267 g/mol. The predicted molar refractivity (Wildman–Crippen MR) is 84.2 cm³/mol. The zero-order chi connectivity index (χ0) is 16.1. The molecule has 2 heteroatoms. The first kappa shape index (κ1) is 7.61. The Balaban J connectivity index is 2.01. The summed E-state index contributed by atoms with van der Waals surface area (Å²) in [4.78, 5) is 4.16. The Hall–Kier alpha value is -1.93. The van der Waals surface area contributed by atoms with E-state index in [1.165, 1.54) is 0 Å². The summed E-state index contributed by atoms with van der Waals surface area (Å²) in [7, 11) is 0. The second-order valence-electron chi connectivity index (χ2n) is 4.37. The van der Waals surface area contributed by atoms with Crippen LogP contribution >= 0.6 is 11.3 Å². The van der Waals surface area contributed by atoms with E-state index in [0.29, 0.717) is 5.71 Å². The van der Waals surface area contributed by atoms with Crippen LogP contribution in [0, 0.1) is 0 Å². The molecule has 0 saturated carbocycles. The lowest BCUT2D eigenvalue weighted by atomic mass is 10.0. The molecule has 0 radical (unpaired) electrons. The number of benzene rings is 2. The van der Waals surface area contributed by atoms with Crippen LogP contribution in [0.5, 0.6) is 0 Å². The molecule has 0 N–H and O–H groups in total. The Kier molecular flexibility index (Phi) is 1.73. The molecule has 2 unspecified atom stereocenters. The molecule has 0 fully saturated rings. The van der Waals surface area contributed by atoms with E-state index >= 15 is 0 Å². The molecule has 0 bridgehead atoms. The first-order valence-corrected chi connectivity index (χ1v) is 6.90. The minimum atomic E-state index is -1.06. The second kappa shape index (κ2) is 4.32. The highest BCUT2D eigenvalue weighted by Gasteiger charge is 2.12. The van der Waals surface area contributed by atoms with E-state index in [0.717, 1.165) is 25.7 Å². The molecule has 0 spiro atoms. The number of fused-ring (bicyclic) bond motifs is 3. The molecule has 2 aromatic carbocycles. The van der Waals surface area contributed by atoms with Crippen molar-refractivity contribution in [1.29, 1.82) is 0 Å². The van der Waals surface area contributed by atoms with Gasteiger partial charge in [0, 0.05) is 40.4 Å². The summed E-state index contributed by atoms with van der Waals surface area (Å²) in [5, 5.41) is 2.27. The van der Waals surface area contributed by atoms with Crippen molar-refractivity contribution in [3.8, 4) is 0 Å². The number of thiophene rings is 1. The van der Waals surface area contributed by atoms with Gasteiger partial charge in [-0.3, -0.25) is 4.99 Å². The summed E-state index contributed by atoms with van der Waals surface area (Å²) in [5.74, 6) is 0. The number of hydrogen-bond donors (Lipinski definition) is 0. The molecular weight excluding hydrogens is 250 g/mol. The molecule has 92 valence electrons. The van der Waals surface area contributed by atoms with Gasteiger partial charge in [0.25, 0.3) is 0 Å². The number of hydrogen-bond acceptors (Lipinski definition) is 2. The molecular formula is C17H13NS. The third-order valence-corrected chi connectivity index (χ3v) is 4.47. The van der Waals surface area contributed by atoms with Crippen LogP contribution in [0.2, 0.25) is 0 Å². The van der Waals surface area contributed by atoms with E-state index in [2.05, 4.69) is 17.1 Å². The molecule has 2 heterocycles. The van der Waals surface area contributed by atoms with Gasteiger partial charge in [-0.2, -0.15) is 0 Å². The smallest absolute Gasteiger partial charge is 0.0836 e. The van der Waals surface area contributed by atoms with E-state index in [-0.39, 0.29) is 12.2 Å². The zero-order valence-corrected chi connectivity index (χ0v) is 10.9. The Morgan fingerprint density at radius 2 is 2.00 bits per heavy atom. The fraction of sp³-hybridized carbons (Fsp3) is 0.118. The summed E-state index contributed by atoms with van der Waals surface area (Å²) >= 11 is 1.64. The summed E-state index contributed by atoms with van der Waals surface area (Å²) in [6.07, 6.45) is -2.20. The molecule has 1 aliphatic rings. The minimum Gasteiger partial charge on any atom is -0.261 e. The molecule has 0 amide bonds. The monoisotopic (exact) mass is 267 g/mol. The Morgan fingerprint density at radius 3 is 3.00 bits per heavy atom. The third-order valence-electron chi connectivity index (χ3n) is 3.25. The quantitative estimate of drug-likeness (QED) is 0.578. The molecule has 4 rings (SSSR count). The van der Waals surface area contributed by atoms with Crippen molar-refractivity contribution >= 4 is 37.2 Å². The van der Waals surface area contributed by atoms with Gasteiger partial charge >= 0.3 is 0 Å². The first-order valence-electron chi connectivity index (χ1n) is 8.24. The molecule has 1 nitrogen and oxygen atoms in total. The van der Waals surface area contributed by atoms with Crippen molar-refractivity contribution in [2.24, 2.45) is 4.99 Å². The highest BCUT2D eigenvalue weighted by molar-refractivity contribution is 7.26. The molecule has 3 aromatic rings. The minimum absolute atomic E-state index is 0.183. The zero-order valence-electron chi connectivity index (χ0n) is 14.1. The number of nitrogens with zero attached hydrogens (tertiary/aromatic N) is 1. The van der Waals surface area contributed by atoms with Gasteiger partial charge in [0.05, 0.1) is 2.74 Å². The number of allylic oxidation sites excluding steroid dienone is 1. The number of rotatable bonds is 1. The van der Waals surface area contributed by atoms with Crippen LogP contribution in [0.1, 0.15) is 23.8 Å². The van der Waals surface area contributed by atoms with E-state index in [1.807, 2.05) is 30.3 Å². The van der Waals surface area contributed by atoms with E-state index in [9.17, 15) is 0 Å². The van der Waals surface area contributed by atoms with Gasteiger partial charge in [-0.05, 0) is 18.9 Å². The Labute approximate surface area is 121 Å². The maximum atomic E-state index is 8.25. The Bertz CT molecular complexity index is 989. The molecule has 1 aromatic heterocycles. The maximum absolute atomic E-state index is 8.25. The first-order chi connectivity index (χ1) is 11.1. The van der Waals surface area contributed by atoms with Gasteiger partial charge in [-0.1, -0.05) is 42.5 Å². The lowest BCUT2D eigenvalue weighted by Gasteiger charge is -2.08. The normalized spacial score (nSPS) is 26.8. The van der Waals surface area contributed by atoms with E-state index in [4.69, 9.17) is 5.48 Å². The van der Waals surface area contributed by atoms with Crippen molar-refractivity contribution in [2.45, 2.75) is 12.8 Å². The molecule has 19 heavy (non-hydrogen) atoms. The van der Waals surface area contributed by atoms with Crippen molar-refractivity contribution < 1.29 is 5.48 Å². The van der Waals surface area contributed by atoms with Crippen molar-refractivity contribution in [3.63, 3.8) is 0 Å². The predicted octanol–water partition coefficient (Wildman–Crippen LogP) is 5.15.